The van der Waals surface area contributed by atoms with Gasteiger partial charge in [-0.25, -0.2) is 0 Å². The van der Waals surface area contributed by atoms with Gasteiger partial charge in [0, 0.05) is 0 Å². The number of aryl methyl sites for hydroxylation is 1. The summed E-state index contributed by atoms with van der Waals surface area (Å²) in [5.41, 5.74) is 0.456. The van der Waals surface area contributed by atoms with E-state index in [0.29, 0.717) is 0 Å². The Kier molecular flexibility index (Phi) is 4.69. The Hall–Kier alpha value is -1.36. The van der Waals surface area contributed by atoms with E-state index in [9.17, 15) is 5.11 Å². The molecule has 0 radical (unpaired) electrons. The molecule has 0 heterocycles. The van der Waals surface area contributed by atoms with Crippen molar-refractivity contribution >= 4 is 6.08 Å². The van der Waals surface area contributed by atoms with Gasteiger partial charge in [-0.05, 0) is 18.6 Å². The van der Waals surface area contributed by atoms with E-state index < -0.39 is 25.2 Å². The number of aliphatic hydroxyl groups excluding tert-OH is 4. The fraction of sp³-hybridized carbons (Fsp3) is 0.385. The smallest absolute Gasteiger partial charge is 0.106 e. The molecule has 0 spiro atoms. The van der Waals surface area contributed by atoms with Gasteiger partial charge in [0.1, 0.15) is 5.76 Å². The van der Waals surface area contributed by atoms with Crippen molar-refractivity contribution in [2.45, 2.75) is 6.92 Å². The highest BCUT2D eigenvalue weighted by molar-refractivity contribution is 5.52. The van der Waals surface area contributed by atoms with Gasteiger partial charge in [0.2, 0.25) is 0 Å². The fourth-order valence-corrected chi connectivity index (χ4v) is 1.37. The molecule has 1 rings (SSSR count). The van der Waals surface area contributed by atoms with Crippen molar-refractivity contribution < 1.29 is 20.4 Å². The first-order chi connectivity index (χ1) is 8.07. The van der Waals surface area contributed by atoms with Crippen LogP contribution in [-0.4, -0.2) is 40.2 Å². The minimum absolute atomic E-state index is 0.228. The molecule has 4 heteroatoms. The number of hydrogen-bond donors (Lipinski definition) is 4. The maximum Gasteiger partial charge on any atom is 0.106 e. The molecule has 0 aliphatic carbocycles. The SMILES string of the molecule is Cc1ccc(C=C(O)C(CO)(CO)CO)cc1. The molecule has 0 saturated carbocycles. The Morgan fingerprint density at radius 1 is 1.06 bits per heavy atom. The minimum Gasteiger partial charge on any atom is -0.511 e. The molecule has 17 heavy (non-hydrogen) atoms. The molecule has 1 aromatic carbocycles. The zero-order chi connectivity index (χ0) is 12.9. The third-order valence-electron chi connectivity index (χ3n) is 2.83. The summed E-state index contributed by atoms with van der Waals surface area (Å²) in [5, 5.41) is 37.3. The van der Waals surface area contributed by atoms with E-state index in [1.54, 1.807) is 0 Å². The molecule has 1 aromatic rings. The summed E-state index contributed by atoms with van der Waals surface area (Å²) in [4.78, 5) is 0. The van der Waals surface area contributed by atoms with Crippen molar-refractivity contribution in [1.82, 2.24) is 0 Å². The maximum atomic E-state index is 9.86. The van der Waals surface area contributed by atoms with E-state index in [2.05, 4.69) is 0 Å². The molecule has 0 atom stereocenters. The number of rotatable bonds is 5. The van der Waals surface area contributed by atoms with Crippen LogP contribution in [0.4, 0.5) is 0 Å². The summed E-state index contributed by atoms with van der Waals surface area (Å²) >= 11 is 0. The van der Waals surface area contributed by atoms with Gasteiger partial charge in [0.05, 0.1) is 25.2 Å². The number of aliphatic hydroxyl groups is 4. The molecule has 4 nitrogen and oxygen atoms in total. The highest BCUT2D eigenvalue weighted by atomic mass is 16.3. The first-order valence-electron chi connectivity index (χ1n) is 5.38. The molecular formula is C13H18O4. The molecule has 0 bridgehead atoms. The average Bonchev–Trinajstić information content (AvgIpc) is 2.35. The molecule has 0 aromatic heterocycles. The Bertz CT molecular complexity index is 369. The second-order valence-corrected chi connectivity index (χ2v) is 4.19. The van der Waals surface area contributed by atoms with Gasteiger partial charge < -0.3 is 20.4 Å². The lowest BCUT2D eigenvalue weighted by molar-refractivity contribution is 0.00640. The normalized spacial score (nSPS) is 12.8. The van der Waals surface area contributed by atoms with Crippen molar-refractivity contribution in [2.24, 2.45) is 5.41 Å². The minimum atomic E-state index is -1.38. The van der Waals surface area contributed by atoms with E-state index in [-0.39, 0.29) is 5.76 Å². The highest BCUT2D eigenvalue weighted by Crippen LogP contribution is 2.25. The van der Waals surface area contributed by atoms with Crippen LogP contribution in [0.15, 0.2) is 30.0 Å². The highest BCUT2D eigenvalue weighted by Gasteiger charge is 2.32. The average molecular weight is 238 g/mol. The van der Waals surface area contributed by atoms with E-state index in [1.165, 1.54) is 6.08 Å². The van der Waals surface area contributed by atoms with Gasteiger partial charge >= 0.3 is 0 Å². The van der Waals surface area contributed by atoms with Gasteiger partial charge in [-0.15, -0.1) is 0 Å². The van der Waals surface area contributed by atoms with Gasteiger partial charge in [-0.3, -0.25) is 0 Å². The summed E-state index contributed by atoms with van der Waals surface area (Å²) in [7, 11) is 0. The second-order valence-electron chi connectivity index (χ2n) is 4.19. The lowest BCUT2D eigenvalue weighted by Crippen LogP contribution is -2.36. The van der Waals surface area contributed by atoms with Crippen LogP contribution in [0.2, 0.25) is 0 Å². The molecule has 94 valence electrons. The summed E-state index contributed by atoms with van der Waals surface area (Å²) in [6, 6.07) is 7.39. The number of hydrogen-bond acceptors (Lipinski definition) is 4. The van der Waals surface area contributed by atoms with Crippen molar-refractivity contribution in [1.29, 1.82) is 0 Å². The standard InChI is InChI=1S/C13H18O4/c1-10-2-4-11(5-3-10)6-12(17)13(7-14,8-15)9-16/h2-6,14-17H,7-9H2,1H3. The van der Waals surface area contributed by atoms with Crippen LogP contribution in [0.1, 0.15) is 11.1 Å². The zero-order valence-corrected chi connectivity index (χ0v) is 9.80. The molecule has 0 amide bonds. The van der Waals surface area contributed by atoms with Crippen molar-refractivity contribution in [3.8, 4) is 0 Å². The van der Waals surface area contributed by atoms with E-state index in [4.69, 9.17) is 15.3 Å². The lowest BCUT2D eigenvalue weighted by Gasteiger charge is -2.26. The van der Waals surface area contributed by atoms with Gasteiger partial charge in [-0.1, -0.05) is 29.8 Å². The van der Waals surface area contributed by atoms with Crippen LogP contribution >= 0.6 is 0 Å². The Morgan fingerprint density at radius 3 is 1.94 bits per heavy atom. The zero-order valence-electron chi connectivity index (χ0n) is 9.80. The molecule has 4 N–H and O–H groups in total. The topological polar surface area (TPSA) is 80.9 Å². The van der Waals surface area contributed by atoms with Crippen LogP contribution in [0.25, 0.3) is 6.08 Å². The van der Waals surface area contributed by atoms with E-state index >= 15 is 0 Å². The monoisotopic (exact) mass is 238 g/mol. The largest absolute Gasteiger partial charge is 0.511 e. The maximum absolute atomic E-state index is 9.86. The molecule has 0 fully saturated rings. The molecule has 0 unspecified atom stereocenters. The van der Waals surface area contributed by atoms with Crippen molar-refractivity contribution in [3.63, 3.8) is 0 Å². The van der Waals surface area contributed by atoms with Crippen LogP contribution in [0.5, 0.6) is 0 Å². The van der Waals surface area contributed by atoms with Crippen LogP contribution in [-0.2, 0) is 0 Å². The fourth-order valence-electron chi connectivity index (χ4n) is 1.37. The van der Waals surface area contributed by atoms with Gasteiger partial charge in [0.15, 0.2) is 0 Å². The lowest BCUT2D eigenvalue weighted by atomic mass is 9.87. The summed E-state index contributed by atoms with van der Waals surface area (Å²) in [6.45, 7) is 0.392. The predicted molar refractivity (Wildman–Crippen MR) is 65.5 cm³/mol. The van der Waals surface area contributed by atoms with Crippen LogP contribution in [0, 0.1) is 12.3 Å². The Morgan fingerprint density at radius 2 is 1.53 bits per heavy atom. The van der Waals surface area contributed by atoms with Crippen LogP contribution in [0.3, 0.4) is 0 Å². The predicted octanol–water partition coefficient (Wildman–Crippen LogP) is 0.857. The molecule has 0 aliphatic heterocycles. The summed E-state index contributed by atoms with van der Waals surface area (Å²) in [5.74, 6) is -0.228. The summed E-state index contributed by atoms with van der Waals surface area (Å²) in [6.07, 6.45) is 1.43. The van der Waals surface area contributed by atoms with Crippen molar-refractivity contribution in [2.75, 3.05) is 19.8 Å². The first-order valence-corrected chi connectivity index (χ1v) is 5.38. The molecule has 0 saturated heterocycles. The second kappa shape index (κ2) is 5.82. The summed E-state index contributed by atoms with van der Waals surface area (Å²) < 4.78 is 0. The van der Waals surface area contributed by atoms with Gasteiger partial charge in [0.25, 0.3) is 0 Å². The quantitative estimate of drug-likeness (QED) is 0.573. The third kappa shape index (κ3) is 3.06. The molecular weight excluding hydrogens is 220 g/mol. The Balaban J connectivity index is 3.01. The number of benzene rings is 1. The molecule has 0 aliphatic rings. The Labute approximate surface area is 100 Å². The third-order valence-corrected chi connectivity index (χ3v) is 2.83. The van der Waals surface area contributed by atoms with E-state index in [0.717, 1.165) is 11.1 Å². The first kappa shape index (κ1) is 13.7. The van der Waals surface area contributed by atoms with Crippen molar-refractivity contribution in [3.05, 3.63) is 41.2 Å². The van der Waals surface area contributed by atoms with Crippen LogP contribution < -0.4 is 0 Å². The van der Waals surface area contributed by atoms with E-state index in [1.807, 2.05) is 31.2 Å². The van der Waals surface area contributed by atoms with Gasteiger partial charge in [-0.2, -0.15) is 0 Å².